The molecule has 20 heavy (non-hydrogen) atoms. The number of aromatic amines is 1. The maximum absolute atomic E-state index is 12.3. The number of aromatic carboxylic acids is 1. The third-order valence-corrected chi connectivity index (χ3v) is 4.03. The molecule has 0 atom stereocenters. The number of hydrogen-bond donors (Lipinski definition) is 3. The van der Waals surface area contributed by atoms with Gasteiger partial charge in [0, 0.05) is 17.8 Å². The second-order valence-electron chi connectivity index (χ2n) is 5.54. The van der Waals surface area contributed by atoms with Crippen LogP contribution in [-0.2, 0) is 4.79 Å². The Balaban J connectivity index is 2.05. The number of carbonyl (C=O) groups is 2. The molecular formula is C15H22N2O3. The number of carboxylic acid groups (broad SMARTS) is 1. The topological polar surface area (TPSA) is 82.2 Å². The molecule has 1 fully saturated rings. The van der Waals surface area contributed by atoms with E-state index in [2.05, 4.69) is 10.3 Å². The van der Waals surface area contributed by atoms with Gasteiger partial charge in [0.15, 0.2) is 0 Å². The molecule has 110 valence electrons. The number of H-pyrrole nitrogens is 1. The van der Waals surface area contributed by atoms with Crippen molar-refractivity contribution in [3.05, 3.63) is 17.5 Å². The second kappa shape index (κ2) is 6.59. The molecule has 0 saturated heterocycles. The number of carbonyl (C=O) groups excluding carboxylic acids is 1. The van der Waals surface area contributed by atoms with Crippen LogP contribution in [0.1, 0.15) is 61.0 Å². The standard InChI is InChI=1S/C15H22N2O3/c1-10-13(15(19)20)12(9-16-10)17-14(18)11-7-5-3-2-4-6-8-11/h9,11,16H,2-8H2,1H3,(H,17,18)(H,19,20). The van der Waals surface area contributed by atoms with Gasteiger partial charge in [-0.1, -0.05) is 32.1 Å². The Bertz CT molecular complexity index is 485. The summed E-state index contributed by atoms with van der Waals surface area (Å²) in [6, 6.07) is 0. The van der Waals surface area contributed by atoms with Gasteiger partial charge in [-0.3, -0.25) is 4.79 Å². The molecule has 3 N–H and O–H groups in total. The van der Waals surface area contributed by atoms with Crippen molar-refractivity contribution in [2.24, 2.45) is 5.92 Å². The van der Waals surface area contributed by atoms with Gasteiger partial charge in [0.2, 0.25) is 5.91 Å². The number of nitrogens with one attached hydrogen (secondary N) is 2. The first-order valence-electron chi connectivity index (χ1n) is 7.31. The summed E-state index contributed by atoms with van der Waals surface area (Å²) in [6.45, 7) is 1.69. The van der Waals surface area contributed by atoms with Crippen LogP contribution in [0.4, 0.5) is 5.69 Å². The lowest BCUT2D eigenvalue weighted by Crippen LogP contribution is -2.24. The lowest BCUT2D eigenvalue weighted by atomic mass is 9.90. The highest BCUT2D eigenvalue weighted by Gasteiger charge is 2.22. The fourth-order valence-corrected chi connectivity index (χ4v) is 2.85. The minimum atomic E-state index is -1.02. The smallest absolute Gasteiger partial charge is 0.339 e. The molecule has 1 aromatic heterocycles. The Morgan fingerprint density at radius 1 is 1.20 bits per heavy atom. The molecule has 0 aliphatic heterocycles. The number of carboxylic acids is 1. The minimum Gasteiger partial charge on any atom is -0.478 e. The highest BCUT2D eigenvalue weighted by molar-refractivity contribution is 6.02. The Morgan fingerprint density at radius 2 is 1.80 bits per heavy atom. The van der Waals surface area contributed by atoms with Crippen LogP contribution in [0.15, 0.2) is 6.20 Å². The summed E-state index contributed by atoms with van der Waals surface area (Å²) in [7, 11) is 0. The summed E-state index contributed by atoms with van der Waals surface area (Å²) in [5.74, 6) is -1.06. The van der Waals surface area contributed by atoms with E-state index in [0.717, 1.165) is 25.7 Å². The predicted molar refractivity (Wildman–Crippen MR) is 76.9 cm³/mol. The number of hydrogen-bond acceptors (Lipinski definition) is 2. The quantitative estimate of drug-likeness (QED) is 0.793. The molecule has 2 rings (SSSR count). The van der Waals surface area contributed by atoms with Crippen molar-refractivity contribution in [3.8, 4) is 0 Å². The van der Waals surface area contributed by atoms with E-state index < -0.39 is 5.97 Å². The molecule has 1 aromatic rings. The van der Waals surface area contributed by atoms with Crippen LogP contribution in [0, 0.1) is 12.8 Å². The highest BCUT2D eigenvalue weighted by atomic mass is 16.4. The van der Waals surface area contributed by atoms with Crippen LogP contribution in [0.2, 0.25) is 0 Å². The molecule has 1 aliphatic carbocycles. The molecule has 0 bridgehead atoms. The van der Waals surface area contributed by atoms with E-state index in [0.29, 0.717) is 11.4 Å². The predicted octanol–water partition coefficient (Wildman–Crippen LogP) is 3.32. The Labute approximate surface area is 118 Å². The molecular weight excluding hydrogens is 256 g/mol. The molecule has 5 nitrogen and oxygen atoms in total. The third kappa shape index (κ3) is 3.40. The maximum atomic E-state index is 12.3. The van der Waals surface area contributed by atoms with Gasteiger partial charge >= 0.3 is 5.97 Å². The van der Waals surface area contributed by atoms with Gasteiger partial charge in [-0.05, 0) is 19.8 Å². The van der Waals surface area contributed by atoms with Crippen molar-refractivity contribution in [2.75, 3.05) is 5.32 Å². The molecule has 1 saturated carbocycles. The number of rotatable bonds is 3. The monoisotopic (exact) mass is 278 g/mol. The zero-order chi connectivity index (χ0) is 14.5. The Kier molecular flexibility index (Phi) is 4.82. The summed E-state index contributed by atoms with van der Waals surface area (Å²) in [6.07, 6.45) is 9.15. The largest absolute Gasteiger partial charge is 0.478 e. The normalized spacial score (nSPS) is 17.2. The van der Waals surface area contributed by atoms with Crippen LogP contribution in [0.25, 0.3) is 0 Å². The van der Waals surface area contributed by atoms with Crippen LogP contribution >= 0.6 is 0 Å². The van der Waals surface area contributed by atoms with Gasteiger partial charge in [0.25, 0.3) is 0 Å². The van der Waals surface area contributed by atoms with E-state index in [1.54, 1.807) is 13.1 Å². The van der Waals surface area contributed by atoms with Gasteiger partial charge in [-0.2, -0.15) is 0 Å². The van der Waals surface area contributed by atoms with Gasteiger partial charge in [0.05, 0.1) is 5.69 Å². The van der Waals surface area contributed by atoms with E-state index in [4.69, 9.17) is 5.11 Å². The molecule has 1 heterocycles. The first-order chi connectivity index (χ1) is 9.59. The van der Waals surface area contributed by atoms with Crippen LogP contribution in [-0.4, -0.2) is 22.0 Å². The number of aromatic nitrogens is 1. The summed E-state index contributed by atoms with van der Waals surface area (Å²) < 4.78 is 0. The molecule has 1 aliphatic rings. The lowest BCUT2D eigenvalue weighted by molar-refractivity contribution is -0.120. The SMILES string of the molecule is Cc1[nH]cc(NC(=O)C2CCCCCCC2)c1C(=O)O. The fraction of sp³-hybridized carbons (Fsp3) is 0.600. The van der Waals surface area contributed by atoms with Crippen LogP contribution in [0.3, 0.4) is 0 Å². The molecule has 0 aromatic carbocycles. The second-order valence-corrected chi connectivity index (χ2v) is 5.54. The van der Waals surface area contributed by atoms with E-state index in [1.807, 2.05) is 0 Å². The highest BCUT2D eigenvalue weighted by Crippen LogP contribution is 2.25. The molecule has 1 amide bonds. The van der Waals surface area contributed by atoms with Gasteiger partial charge in [-0.15, -0.1) is 0 Å². The number of amides is 1. The number of anilines is 1. The van der Waals surface area contributed by atoms with Gasteiger partial charge in [-0.25, -0.2) is 4.79 Å². The first kappa shape index (κ1) is 14.6. The first-order valence-corrected chi connectivity index (χ1v) is 7.31. The third-order valence-electron chi connectivity index (χ3n) is 4.03. The zero-order valence-corrected chi connectivity index (χ0v) is 11.9. The number of aryl methyl sites for hydroxylation is 1. The Hall–Kier alpha value is -1.78. The van der Waals surface area contributed by atoms with Crippen LogP contribution in [0.5, 0.6) is 0 Å². The van der Waals surface area contributed by atoms with Crippen molar-refractivity contribution in [1.29, 1.82) is 0 Å². The van der Waals surface area contributed by atoms with Crippen molar-refractivity contribution in [3.63, 3.8) is 0 Å². The summed E-state index contributed by atoms with van der Waals surface area (Å²) in [5.41, 5.74) is 1.09. The molecule has 5 heteroatoms. The average Bonchev–Trinajstić information content (AvgIpc) is 2.69. The summed E-state index contributed by atoms with van der Waals surface area (Å²) >= 11 is 0. The summed E-state index contributed by atoms with van der Waals surface area (Å²) in [4.78, 5) is 26.3. The van der Waals surface area contributed by atoms with E-state index >= 15 is 0 Å². The van der Waals surface area contributed by atoms with Crippen molar-refractivity contribution < 1.29 is 14.7 Å². The molecule has 0 radical (unpaired) electrons. The van der Waals surface area contributed by atoms with Gasteiger partial charge in [0.1, 0.15) is 5.56 Å². The zero-order valence-electron chi connectivity index (χ0n) is 11.9. The summed E-state index contributed by atoms with van der Waals surface area (Å²) in [5, 5.41) is 11.9. The van der Waals surface area contributed by atoms with E-state index in [-0.39, 0.29) is 17.4 Å². The van der Waals surface area contributed by atoms with E-state index in [9.17, 15) is 9.59 Å². The fourth-order valence-electron chi connectivity index (χ4n) is 2.85. The van der Waals surface area contributed by atoms with E-state index in [1.165, 1.54) is 19.3 Å². The van der Waals surface area contributed by atoms with Crippen LogP contribution < -0.4 is 5.32 Å². The maximum Gasteiger partial charge on any atom is 0.339 e. The van der Waals surface area contributed by atoms with Crippen molar-refractivity contribution >= 4 is 17.6 Å². The minimum absolute atomic E-state index is 0.00662. The van der Waals surface area contributed by atoms with Gasteiger partial charge < -0.3 is 15.4 Å². The molecule has 0 unspecified atom stereocenters. The average molecular weight is 278 g/mol. The lowest BCUT2D eigenvalue weighted by Gasteiger charge is -2.19. The molecule has 0 spiro atoms. The van der Waals surface area contributed by atoms with Crippen molar-refractivity contribution in [2.45, 2.75) is 51.9 Å². The Morgan fingerprint density at radius 3 is 2.40 bits per heavy atom. The van der Waals surface area contributed by atoms with Crippen molar-refractivity contribution in [1.82, 2.24) is 4.98 Å².